The molecule has 2 aromatic rings. The van der Waals surface area contributed by atoms with E-state index in [9.17, 15) is 0 Å². The third-order valence-corrected chi connectivity index (χ3v) is 4.30. The van der Waals surface area contributed by atoms with Crippen LogP contribution < -0.4 is 0 Å². The molecule has 0 amide bonds. The molecule has 0 heterocycles. The molecule has 2 rings (SSSR count). The molecule has 120 valence electrons. The third-order valence-electron chi connectivity index (χ3n) is 3.97. The van der Waals surface area contributed by atoms with Crippen LogP contribution in [0.25, 0.3) is 0 Å². The minimum Gasteiger partial charge on any atom is -0.0840 e. The van der Waals surface area contributed by atoms with E-state index in [1.54, 1.807) is 0 Å². The van der Waals surface area contributed by atoms with Crippen LogP contribution in [-0.4, -0.2) is 0 Å². The van der Waals surface area contributed by atoms with E-state index in [0.717, 1.165) is 5.02 Å². The smallest absolute Gasteiger partial charge is 0.0443 e. The highest BCUT2D eigenvalue weighted by Crippen LogP contribution is 2.26. The molecule has 0 aliphatic carbocycles. The van der Waals surface area contributed by atoms with Gasteiger partial charge < -0.3 is 0 Å². The molecule has 0 spiro atoms. The average Bonchev–Trinajstić information content (AvgIpc) is 2.38. The Balaban J connectivity index is 0.000000220. The Bertz CT molecular complexity index is 513. The van der Waals surface area contributed by atoms with Crippen molar-refractivity contribution >= 4 is 11.6 Å². The van der Waals surface area contributed by atoms with Gasteiger partial charge in [-0.2, -0.15) is 0 Å². The quantitative estimate of drug-likeness (QED) is 0.549. The minimum absolute atomic E-state index is 0.517. The molecule has 0 atom stereocenters. The topological polar surface area (TPSA) is 0 Å². The van der Waals surface area contributed by atoms with Crippen LogP contribution in [0.1, 0.15) is 67.3 Å². The van der Waals surface area contributed by atoms with Crippen molar-refractivity contribution in [3.05, 3.63) is 69.2 Å². The predicted octanol–water partition coefficient (Wildman–Crippen LogP) is 7.20. The Morgan fingerprint density at radius 2 is 1.00 bits per heavy atom. The van der Waals surface area contributed by atoms with Gasteiger partial charge in [0.25, 0.3) is 0 Å². The SMILES string of the molecule is Cc1cccc(C)c1C(C)C.Cc1cccc(Cl)c1C(C)C. The normalized spacial score (nSPS) is 10.6. The molecule has 0 radical (unpaired) electrons. The van der Waals surface area contributed by atoms with Crippen LogP contribution in [0.3, 0.4) is 0 Å². The number of rotatable bonds is 2. The van der Waals surface area contributed by atoms with E-state index in [0.29, 0.717) is 11.8 Å². The van der Waals surface area contributed by atoms with Crippen LogP contribution in [0.2, 0.25) is 5.02 Å². The van der Waals surface area contributed by atoms with Gasteiger partial charge in [0.05, 0.1) is 0 Å². The fourth-order valence-corrected chi connectivity index (χ4v) is 3.55. The minimum atomic E-state index is 0.517. The zero-order valence-corrected chi connectivity index (χ0v) is 15.8. The summed E-state index contributed by atoms with van der Waals surface area (Å²) in [4.78, 5) is 0. The lowest BCUT2D eigenvalue weighted by molar-refractivity contribution is 0.846. The van der Waals surface area contributed by atoms with E-state index in [1.807, 2.05) is 12.1 Å². The second-order valence-corrected chi connectivity index (χ2v) is 6.99. The zero-order chi connectivity index (χ0) is 16.9. The molecular weight excluding hydrogens is 288 g/mol. The van der Waals surface area contributed by atoms with Crippen molar-refractivity contribution in [1.82, 2.24) is 0 Å². The molecule has 0 bridgehead atoms. The highest BCUT2D eigenvalue weighted by molar-refractivity contribution is 6.31. The van der Waals surface area contributed by atoms with Crippen LogP contribution in [0, 0.1) is 20.8 Å². The summed E-state index contributed by atoms with van der Waals surface area (Å²) in [6, 6.07) is 12.5. The maximum atomic E-state index is 6.02. The Labute approximate surface area is 141 Å². The van der Waals surface area contributed by atoms with Gasteiger partial charge in [0.1, 0.15) is 0 Å². The van der Waals surface area contributed by atoms with E-state index >= 15 is 0 Å². The molecule has 0 aliphatic rings. The first-order chi connectivity index (χ1) is 10.3. The van der Waals surface area contributed by atoms with Crippen LogP contribution in [0.4, 0.5) is 0 Å². The van der Waals surface area contributed by atoms with Crippen LogP contribution >= 0.6 is 11.6 Å². The fourth-order valence-electron chi connectivity index (χ4n) is 3.11. The largest absolute Gasteiger partial charge is 0.0840 e. The van der Waals surface area contributed by atoms with Gasteiger partial charge in [-0.15, -0.1) is 0 Å². The molecule has 0 unspecified atom stereocenters. The Morgan fingerprint density at radius 3 is 1.27 bits per heavy atom. The summed E-state index contributed by atoms with van der Waals surface area (Å²) in [6.07, 6.45) is 0. The van der Waals surface area contributed by atoms with Crippen molar-refractivity contribution in [3.8, 4) is 0 Å². The van der Waals surface area contributed by atoms with Gasteiger partial charge in [-0.3, -0.25) is 0 Å². The van der Waals surface area contributed by atoms with Gasteiger partial charge in [0, 0.05) is 5.02 Å². The average molecular weight is 317 g/mol. The Kier molecular flexibility index (Phi) is 7.16. The highest BCUT2D eigenvalue weighted by atomic mass is 35.5. The summed E-state index contributed by atoms with van der Waals surface area (Å²) in [6.45, 7) is 15.3. The van der Waals surface area contributed by atoms with Crippen molar-refractivity contribution in [2.45, 2.75) is 60.3 Å². The van der Waals surface area contributed by atoms with Gasteiger partial charge in [0.15, 0.2) is 0 Å². The lowest BCUT2D eigenvalue weighted by Crippen LogP contribution is -1.94. The van der Waals surface area contributed by atoms with Gasteiger partial charge in [-0.05, 0) is 66.5 Å². The van der Waals surface area contributed by atoms with E-state index < -0.39 is 0 Å². The molecule has 0 fully saturated rings. The molecule has 2 aromatic carbocycles. The maximum absolute atomic E-state index is 6.02. The fraction of sp³-hybridized carbons (Fsp3) is 0.429. The van der Waals surface area contributed by atoms with Gasteiger partial charge in [0.2, 0.25) is 0 Å². The highest BCUT2D eigenvalue weighted by Gasteiger charge is 2.06. The second-order valence-electron chi connectivity index (χ2n) is 6.59. The number of benzene rings is 2. The van der Waals surface area contributed by atoms with Gasteiger partial charge in [-0.1, -0.05) is 69.6 Å². The van der Waals surface area contributed by atoms with E-state index in [1.165, 1.54) is 27.8 Å². The van der Waals surface area contributed by atoms with Crippen molar-refractivity contribution in [2.24, 2.45) is 0 Å². The third kappa shape index (κ3) is 4.88. The van der Waals surface area contributed by atoms with Crippen LogP contribution in [0.15, 0.2) is 36.4 Å². The Hall–Kier alpha value is -1.27. The van der Waals surface area contributed by atoms with Gasteiger partial charge >= 0.3 is 0 Å². The summed E-state index contributed by atoms with van der Waals surface area (Å²) in [5.41, 5.74) is 6.90. The first kappa shape index (κ1) is 18.8. The molecule has 0 aliphatic heterocycles. The molecule has 0 aromatic heterocycles. The zero-order valence-electron chi connectivity index (χ0n) is 15.0. The molecule has 0 N–H and O–H groups in total. The first-order valence-corrected chi connectivity index (χ1v) is 8.44. The molecule has 0 saturated heterocycles. The maximum Gasteiger partial charge on any atom is 0.0443 e. The molecule has 1 heteroatoms. The van der Waals surface area contributed by atoms with Gasteiger partial charge in [-0.25, -0.2) is 0 Å². The van der Waals surface area contributed by atoms with Crippen LogP contribution in [0.5, 0.6) is 0 Å². The number of aryl methyl sites for hydroxylation is 3. The summed E-state index contributed by atoms with van der Waals surface area (Å²) >= 11 is 6.02. The van der Waals surface area contributed by atoms with Crippen molar-refractivity contribution in [1.29, 1.82) is 0 Å². The number of halogens is 1. The van der Waals surface area contributed by atoms with Crippen molar-refractivity contribution in [2.75, 3.05) is 0 Å². The summed E-state index contributed by atoms with van der Waals surface area (Å²) in [7, 11) is 0. The Morgan fingerprint density at radius 1 is 0.636 bits per heavy atom. The molecule has 0 nitrogen and oxygen atoms in total. The van der Waals surface area contributed by atoms with E-state index in [2.05, 4.69) is 72.7 Å². The number of hydrogen-bond donors (Lipinski definition) is 0. The van der Waals surface area contributed by atoms with Crippen molar-refractivity contribution < 1.29 is 0 Å². The lowest BCUT2D eigenvalue weighted by Gasteiger charge is -2.12. The molecular formula is C21H29Cl. The summed E-state index contributed by atoms with van der Waals surface area (Å²) in [5, 5.41) is 0.889. The number of hydrogen-bond acceptors (Lipinski definition) is 0. The molecule has 0 saturated carbocycles. The van der Waals surface area contributed by atoms with Crippen molar-refractivity contribution in [3.63, 3.8) is 0 Å². The van der Waals surface area contributed by atoms with Crippen LogP contribution in [-0.2, 0) is 0 Å². The standard InChI is InChI=1S/C11H16.C10H13Cl/c1-8(2)11-9(3)6-5-7-10(11)4;1-7(2)10-8(3)5-4-6-9(10)11/h5-8H,1-4H3;4-7H,1-3H3. The predicted molar refractivity (Wildman–Crippen MR) is 100 cm³/mol. The van der Waals surface area contributed by atoms with E-state index in [4.69, 9.17) is 11.6 Å². The molecule has 22 heavy (non-hydrogen) atoms. The second kappa shape index (κ2) is 8.39. The first-order valence-electron chi connectivity index (χ1n) is 8.06. The summed E-state index contributed by atoms with van der Waals surface area (Å²) < 4.78 is 0. The van der Waals surface area contributed by atoms with E-state index in [-0.39, 0.29) is 0 Å². The lowest BCUT2D eigenvalue weighted by atomic mass is 9.94. The summed E-state index contributed by atoms with van der Waals surface area (Å²) in [5.74, 6) is 1.17. The monoisotopic (exact) mass is 316 g/mol.